The third-order valence-electron chi connectivity index (χ3n) is 4.35. The molecule has 1 aliphatic carbocycles. The van der Waals surface area contributed by atoms with Crippen molar-refractivity contribution < 1.29 is 4.79 Å². The van der Waals surface area contributed by atoms with E-state index in [9.17, 15) is 9.59 Å². The molecule has 1 aromatic heterocycles. The highest BCUT2D eigenvalue weighted by molar-refractivity contribution is 7.71. The molecule has 0 bridgehead atoms. The molecule has 1 aliphatic rings. The molecule has 1 heterocycles. The van der Waals surface area contributed by atoms with E-state index in [1.807, 2.05) is 18.2 Å². The topological polar surface area (TPSA) is 66.9 Å². The lowest BCUT2D eigenvalue weighted by Crippen LogP contribution is -2.51. The van der Waals surface area contributed by atoms with E-state index in [2.05, 4.69) is 17.2 Å². The third kappa shape index (κ3) is 2.83. The predicted octanol–water partition coefficient (Wildman–Crippen LogP) is 2.51. The first-order valence-corrected chi connectivity index (χ1v) is 7.92. The highest BCUT2D eigenvalue weighted by atomic mass is 32.1. The van der Waals surface area contributed by atoms with Crippen molar-refractivity contribution in [2.24, 2.45) is 0 Å². The van der Waals surface area contributed by atoms with Crippen LogP contribution in [0.5, 0.6) is 0 Å². The highest BCUT2D eigenvalue weighted by Gasteiger charge is 2.32. The van der Waals surface area contributed by atoms with Crippen molar-refractivity contribution in [3.05, 3.63) is 39.4 Å². The first-order chi connectivity index (χ1) is 10.5. The average Bonchev–Trinajstić information content (AvgIpc) is 2.45. The van der Waals surface area contributed by atoms with Crippen molar-refractivity contribution in [3.8, 4) is 0 Å². The smallest absolute Gasteiger partial charge is 0.262 e. The number of nitrogens with zero attached hydrogens (tertiary/aromatic N) is 1. The van der Waals surface area contributed by atoms with Crippen LogP contribution >= 0.6 is 12.2 Å². The summed E-state index contributed by atoms with van der Waals surface area (Å²) in [6.45, 7) is 2.35. The number of amides is 1. The fourth-order valence-electron chi connectivity index (χ4n) is 2.85. The van der Waals surface area contributed by atoms with Gasteiger partial charge >= 0.3 is 0 Å². The molecule has 0 aliphatic heterocycles. The van der Waals surface area contributed by atoms with Gasteiger partial charge in [-0.15, -0.1) is 0 Å². The summed E-state index contributed by atoms with van der Waals surface area (Å²) in [5.74, 6) is -0.0309. The lowest BCUT2D eigenvalue weighted by Gasteiger charge is -2.39. The van der Waals surface area contributed by atoms with Crippen molar-refractivity contribution in [2.75, 3.05) is 0 Å². The number of rotatable bonds is 4. The quantitative estimate of drug-likeness (QED) is 0.852. The van der Waals surface area contributed by atoms with Gasteiger partial charge in [-0.3, -0.25) is 14.2 Å². The molecule has 0 radical (unpaired) electrons. The summed E-state index contributed by atoms with van der Waals surface area (Å²) in [7, 11) is 0. The minimum atomic E-state index is -0.151. The number of nitrogens with one attached hydrogen (secondary N) is 2. The van der Waals surface area contributed by atoms with Gasteiger partial charge in [0.05, 0.1) is 10.9 Å². The van der Waals surface area contributed by atoms with Crippen LogP contribution in [0.4, 0.5) is 0 Å². The molecule has 0 unspecified atom stereocenters. The maximum Gasteiger partial charge on any atom is 0.262 e. The van der Waals surface area contributed by atoms with E-state index in [-0.39, 0.29) is 23.4 Å². The van der Waals surface area contributed by atoms with E-state index < -0.39 is 0 Å². The summed E-state index contributed by atoms with van der Waals surface area (Å²) < 4.78 is 1.81. The van der Waals surface area contributed by atoms with Crippen molar-refractivity contribution in [2.45, 2.75) is 44.7 Å². The van der Waals surface area contributed by atoms with Crippen LogP contribution in [0.15, 0.2) is 29.1 Å². The normalized spacial score (nSPS) is 16.2. The second kappa shape index (κ2) is 5.68. The molecule has 0 atom stereocenters. The number of carbonyl (C=O) groups is 1. The first kappa shape index (κ1) is 15.0. The molecule has 2 N–H and O–H groups in total. The summed E-state index contributed by atoms with van der Waals surface area (Å²) in [5, 5.41) is 3.63. The number of benzene rings is 1. The van der Waals surface area contributed by atoms with Crippen molar-refractivity contribution in [3.63, 3.8) is 0 Å². The fraction of sp³-hybridized carbons (Fsp3) is 0.438. The molecule has 22 heavy (non-hydrogen) atoms. The number of fused-ring (bicyclic) bond motifs is 1. The van der Waals surface area contributed by atoms with Gasteiger partial charge in [-0.05, 0) is 50.5 Å². The Hall–Kier alpha value is -1.95. The highest BCUT2D eigenvalue weighted by Crippen LogP contribution is 2.30. The minimum absolute atomic E-state index is 0.0309. The van der Waals surface area contributed by atoms with E-state index in [1.54, 1.807) is 6.07 Å². The van der Waals surface area contributed by atoms with Gasteiger partial charge in [-0.1, -0.05) is 12.1 Å². The lowest BCUT2D eigenvalue weighted by molar-refractivity contribution is -0.124. The van der Waals surface area contributed by atoms with E-state index in [1.165, 1.54) is 4.57 Å². The zero-order valence-corrected chi connectivity index (χ0v) is 13.3. The molecule has 2 aromatic rings. The van der Waals surface area contributed by atoms with Crippen LogP contribution in [-0.4, -0.2) is 21.0 Å². The largest absolute Gasteiger partial charge is 0.351 e. The molecule has 116 valence electrons. The van der Waals surface area contributed by atoms with Crippen molar-refractivity contribution >= 4 is 29.0 Å². The van der Waals surface area contributed by atoms with Crippen molar-refractivity contribution in [1.29, 1.82) is 0 Å². The van der Waals surface area contributed by atoms with Crippen LogP contribution in [-0.2, 0) is 11.3 Å². The molecule has 0 spiro atoms. The molecule has 1 aromatic carbocycles. The molecule has 1 saturated carbocycles. The van der Waals surface area contributed by atoms with E-state index in [0.29, 0.717) is 16.7 Å². The van der Waals surface area contributed by atoms with E-state index >= 15 is 0 Å². The summed E-state index contributed by atoms with van der Waals surface area (Å²) in [5.41, 5.74) is 0.510. The van der Waals surface area contributed by atoms with Gasteiger partial charge in [0.2, 0.25) is 5.91 Å². The molecule has 0 saturated heterocycles. The SMILES string of the molecule is CC1(NC(=O)CCn2c(=S)[nH]c3ccccc3c2=O)CCC1. The lowest BCUT2D eigenvalue weighted by atomic mass is 9.78. The number of hydrogen-bond acceptors (Lipinski definition) is 3. The van der Waals surface area contributed by atoms with Gasteiger partial charge < -0.3 is 10.3 Å². The molecule has 3 rings (SSSR count). The van der Waals surface area contributed by atoms with Crippen LogP contribution in [0.2, 0.25) is 0 Å². The first-order valence-electron chi connectivity index (χ1n) is 7.51. The van der Waals surface area contributed by atoms with Crippen LogP contribution in [0, 0.1) is 4.77 Å². The summed E-state index contributed by atoms with van der Waals surface area (Å²) >= 11 is 5.24. The monoisotopic (exact) mass is 317 g/mol. The standard InChI is InChI=1S/C16H19N3O2S/c1-16(8-4-9-16)18-13(20)7-10-19-14(21)11-5-2-3-6-12(11)17-15(19)22/h2-3,5-6H,4,7-10H2,1H3,(H,17,22)(H,18,20). The second-order valence-corrected chi connectivity index (χ2v) is 6.53. The zero-order valence-electron chi connectivity index (χ0n) is 12.5. The summed E-state index contributed by atoms with van der Waals surface area (Å²) in [6.07, 6.45) is 3.46. The number of para-hydroxylation sites is 1. The Labute approximate surface area is 133 Å². The fourth-order valence-corrected chi connectivity index (χ4v) is 3.13. The predicted molar refractivity (Wildman–Crippen MR) is 88.4 cm³/mol. The molecule has 1 amide bonds. The average molecular weight is 317 g/mol. The molecule has 6 heteroatoms. The Kier molecular flexibility index (Phi) is 3.87. The van der Waals surface area contributed by atoms with E-state index in [4.69, 9.17) is 12.2 Å². The summed E-state index contributed by atoms with van der Waals surface area (Å²) in [6, 6.07) is 7.25. The summed E-state index contributed by atoms with van der Waals surface area (Å²) in [4.78, 5) is 27.5. The van der Waals surface area contributed by atoms with Gasteiger partial charge in [-0.25, -0.2) is 0 Å². The Morgan fingerprint density at radius 2 is 2.14 bits per heavy atom. The second-order valence-electron chi connectivity index (χ2n) is 6.14. The minimum Gasteiger partial charge on any atom is -0.351 e. The third-order valence-corrected chi connectivity index (χ3v) is 4.67. The van der Waals surface area contributed by atoms with Gasteiger partial charge in [-0.2, -0.15) is 0 Å². The van der Waals surface area contributed by atoms with Crippen LogP contribution < -0.4 is 10.9 Å². The van der Waals surface area contributed by atoms with Crippen LogP contribution in [0.25, 0.3) is 10.9 Å². The number of hydrogen-bond donors (Lipinski definition) is 2. The van der Waals surface area contributed by atoms with E-state index in [0.717, 1.165) is 24.8 Å². The molecule has 1 fully saturated rings. The van der Waals surface area contributed by atoms with Crippen molar-refractivity contribution in [1.82, 2.24) is 14.9 Å². The number of H-pyrrole nitrogens is 1. The Bertz CT molecular complexity index is 833. The molecule has 5 nitrogen and oxygen atoms in total. The zero-order chi connectivity index (χ0) is 15.7. The van der Waals surface area contributed by atoms with Crippen LogP contribution in [0.3, 0.4) is 0 Å². The number of aromatic amines is 1. The number of carbonyl (C=O) groups excluding carboxylic acids is 1. The van der Waals surface area contributed by atoms with Crippen LogP contribution in [0.1, 0.15) is 32.6 Å². The maximum atomic E-state index is 12.5. The van der Waals surface area contributed by atoms with Gasteiger partial charge in [0.15, 0.2) is 4.77 Å². The molecular formula is C16H19N3O2S. The molecular weight excluding hydrogens is 298 g/mol. The Balaban J connectivity index is 1.78. The maximum absolute atomic E-state index is 12.5. The van der Waals surface area contributed by atoms with Gasteiger partial charge in [0.25, 0.3) is 5.56 Å². The Morgan fingerprint density at radius 1 is 1.41 bits per heavy atom. The van der Waals surface area contributed by atoms with Gasteiger partial charge in [0, 0.05) is 18.5 Å². The number of aromatic nitrogens is 2. The van der Waals surface area contributed by atoms with Gasteiger partial charge in [0.1, 0.15) is 0 Å². The Morgan fingerprint density at radius 3 is 2.82 bits per heavy atom.